The van der Waals surface area contributed by atoms with Gasteiger partial charge in [-0.05, 0) is 73.5 Å². The molecule has 0 atom stereocenters. The minimum absolute atomic E-state index is 0.377. The van der Waals surface area contributed by atoms with Gasteiger partial charge in [0.25, 0.3) is 0 Å². The average Bonchev–Trinajstić information content (AvgIpc) is 2.50. The number of benzene rings is 1. The SMILES string of the molecule is O=C(O)C=Cc1cccc(CNC23CC4CC(CC(C4)C2)C3)c1. The standard InChI is InChI=1S/C20H25NO2/c22-19(23)5-4-14-2-1-3-15(6-14)13-21-20-10-16-7-17(11-20)9-18(8-16)12-20/h1-6,16-18,21H,7-13H2,(H,22,23). The normalized spacial score (nSPS) is 35.0. The van der Waals surface area contributed by atoms with E-state index in [9.17, 15) is 4.79 Å². The molecule has 1 aromatic carbocycles. The first-order chi connectivity index (χ1) is 11.1. The van der Waals surface area contributed by atoms with Gasteiger partial charge in [0.15, 0.2) is 0 Å². The molecule has 3 nitrogen and oxygen atoms in total. The number of nitrogens with one attached hydrogen (secondary N) is 1. The molecule has 0 radical (unpaired) electrons. The Morgan fingerprint density at radius 1 is 1.17 bits per heavy atom. The van der Waals surface area contributed by atoms with E-state index in [1.807, 2.05) is 12.1 Å². The molecule has 4 aliphatic carbocycles. The lowest BCUT2D eigenvalue weighted by Gasteiger charge is -2.57. The second-order valence-corrected chi connectivity index (χ2v) is 7.97. The van der Waals surface area contributed by atoms with E-state index in [4.69, 9.17) is 5.11 Å². The molecule has 0 aliphatic heterocycles. The highest BCUT2D eigenvalue weighted by atomic mass is 16.4. The quantitative estimate of drug-likeness (QED) is 0.812. The van der Waals surface area contributed by atoms with Gasteiger partial charge in [-0.2, -0.15) is 0 Å². The summed E-state index contributed by atoms with van der Waals surface area (Å²) in [7, 11) is 0. The zero-order chi connectivity index (χ0) is 15.9. The lowest BCUT2D eigenvalue weighted by Crippen LogP contribution is -2.58. The fourth-order valence-corrected chi connectivity index (χ4v) is 5.59. The van der Waals surface area contributed by atoms with Crippen LogP contribution in [0.4, 0.5) is 0 Å². The third-order valence-corrected chi connectivity index (χ3v) is 6.08. The zero-order valence-electron chi connectivity index (χ0n) is 13.5. The molecule has 4 bridgehead atoms. The summed E-state index contributed by atoms with van der Waals surface area (Å²) in [5.74, 6) is 1.97. The molecule has 5 rings (SSSR count). The Kier molecular flexibility index (Phi) is 3.76. The van der Waals surface area contributed by atoms with Crippen LogP contribution in [0.1, 0.15) is 49.7 Å². The van der Waals surface area contributed by atoms with Crippen LogP contribution in [0.3, 0.4) is 0 Å². The molecule has 0 aromatic heterocycles. The van der Waals surface area contributed by atoms with E-state index in [-0.39, 0.29) is 0 Å². The molecule has 0 heterocycles. The fraction of sp³-hybridized carbons (Fsp3) is 0.550. The predicted octanol–water partition coefficient (Wildman–Crippen LogP) is 3.84. The zero-order valence-corrected chi connectivity index (χ0v) is 13.5. The maximum absolute atomic E-state index is 10.6. The topological polar surface area (TPSA) is 49.3 Å². The second kappa shape index (κ2) is 5.79. The molecule has 1 aromatic rings. The van der Waals surface area contributed by atoms with Crippen molar-refractivity contribution in [1.82, 2.24) is 5.32 Å². The van der Waals surface area contributed by atoms with Gasteiger partial charge in [-0.15, -0.1) is 0 Å². The van der Waals surface area contributed by atoms with Crippen LogP contribution in [-0.4, -0.2) is 16.6 Å². The first-order valence-corrected chi connectivity index (χ1v) is 8.85. The van der Waals surface area contributed by atoms with Gasteiger partial charge >= 0.3 is 5.97 Å². The molecule has 0 saturated heterocycles. The predicted molar refractivity (Wildman–Crippen MR) is 90.9 cm³/mol. The van der Waals surface area contributed by atoms with Crippen LogP contribution in [0.5, 0.6) is 0 Å². The molecular formula is C20H25NO2. The van der Waals surface area contributed by atoms with Crippen LogP contribution in [-0.2, 0) is 11.3 Å². The molecule has 0 unspecified atom stereocenters. The Balaban J connectivity index is 1.43. The molecule has 0 amide bonds. The summed E-state index contributed by atoms with van der Waals surface area (Å²) in [5.41, 5.74) is 2.58. The molecule has 122 valence electrons. The maximum atomic E-state index is 10.6. The van der Waals surface area contributed by atoms with Crippen molar-refractivity contribution in [2.75, 3.05) is 0 Å². The van der Waals surface area contributed by atoms with Gasteiger partial charge in [0.05, 0.1) is 0 Å². The van der Waals surface area contributed by atoms with Crippen LogP contribution >= 0.6 is 0 Å². The van der Waals surface area contributed by atoms with E-state index in [1.54, 1.807) is 6.08 Å². The molecular weight excluding hydrogens is 286 g/mol. The molecule has 0 spiro atoms. The summed E-state index contributed by atoms with van der Waals surface area (Å²) in [6.07, 6.45) is 11.3. The van der Waals surface area contributed by atoms with Gasteiger partial charge in [0, 0.05) is 18.2 Å². The van der Waals surface area contributed by atoms with E-state index >= 15 is 0 Å². The number of hydrogen-bond acceptors (Lipinski definition) is 2. The Bertz CT molecular complexity index is 599. The molecule has 4 aliphatic rings. The number of carbonyl (C=O) groups is 1. The average molecular weight is 311 g/mol. The Morgan fingerprint density at radius 2 is 1.83 bits per heavy atom. The van der Waals surface area contributed by atoms with Crippen molar-refractivity contribution < 1.29 is 9.90 Å². The van der Waals surface area contributed by atoms with Gasteiger partial charge in [-0.3, -0.25) is 0 Å². The first-order valence-electron chi connectivity index (χ1n) is 8.85. The minimum atomic E-state index is -0.901. The van der Waals surface area contributed by atoms with Crippen molar-refractivity contribution in [3.8, 4) is 0 Å². The van der Waals surface area contributed by atoms with Gasteiger partial charge in [-0.25, -0.2) is 4.79 Å². The third-order valence-electron chi connectivity index (χ3n) is 6.08. The van der Waals surface area contributed by atoms with E-state index in [0.29, 0.717) is 5.54 Å². The third kappa shape index (κ3) is 3.20. The minimum Gasteiger partial charge on any atom is -0.478 e. The van der Waals surface area contributed by atoms with E-state index in [1.165, 1.54) is 50.2 Å². The summed E-state index contributed by atoms with van der Waals surface area (Å²) in [5, 5.41) is 12.6. The highest BCUT2D eigenvalue weighted by Gasteiger charge is 2.50. The van der Waals surface area contributed by atoms with Gasteiger partial charge in [0.1, 0.15) is 0 Å². The largest absolute Gasteiger partial charge is 0.478 e. The van der Waals surface area contributed by atoms with Crippen LogP contribution in [0, 0.1) is 17.8 Å². The smallest absolute Gasteiger partial charge is 0.328 e. The van der Waals surface area contributed by atoms with Crippen LogP contribution in [0.25, 0.3) is 6.08 Å². The van der Waals surface area contributed by atoms with E-state index < -0.39 is 5.97 Å². The highest BCUT2D eigenvalue weighted by Crippen LogP contribution is 2.55. The molecule has 4 fully saturated rings. The lowest BCUT2D eigenvalue weighted by molar-refractivity contribution is -0.131. The van der Waals surface area contributed by atoms with Crippen molar-refractivity contribution >= 4 is 12.0 Å². The maximum Gasteiger partial charge on any atom is 0.328 e. The van der Waals surface area contributed by atoms with Crippen molar-refractivity contribution in [2.24, 2.45) is 17.8 Å². The molecule has 4 saturated carbocycles. The number of carboxylic acid groups (broad SMARTS) is 1. The summed E-state index contributed by atoms with van der Waals surface area (Å²) in [4.78, 5) is 10.6. The Hall–Kier alpha value is -1.61. The summed E-state index contributed by atoms with van der Waals surface area (Å²) >= 11 is 0. The number of rotatable bonds is 5. The summed E-state index contributed by atoms with van der Waals surface area (Å²) in [6.45, 7) is 0.890. The van der Waals surface area contributed by atoms with Gasteiger partial charge in [0.2, 0.25) is 0 Å². The fourth-order valence-electron chi connectivity index (χ4n) is 5.59. The summed E-state index contributed by atoms with van der Waals surface area (Å²) in [6, 6.07) is 8.18. The van der Waals surface area contributed by atoms with Crippen LogP contribution < -0.4 is 5.32 Å². The monoisotopic (exact) mass is 311 g/mol. The molecule has 3 heteroatoms. The van der Waals surface area contributed by atoms with Gasteiger partial charge < -0.3 is 10.4 Å². The van der Waals surface area contributed by atoms with Gasteiger partial charge in [-0.1, -0.05) is 24.3 Å². The van der Waals surface area contributed by atoms with Crippen molar-refractivity contribution in [3.05, 3.63) is 41.5 Å². The van der Waals surface area contributed by atoms with E-state index in [0.717, 1.165) is 29.9 Å². The number of aliphatic carboxylic acids is 1. The van der Waals surface area contributed by atoms with Crippen LogP contribution in [0.2, 0.25) is 0 Å². The number of hydrogen-bond donors (Lipinski definition) is 2. The first kappa shape index (κ1) is 14.9. The van der Waals surface area contributed by atoms with Crippen LogP contribution in [0.15, 0.2) is 30.3 Å². The molecule has 23 heavy (non-hydrogen) atoms. The van der Waals surface area contributed by atoms with Crippen molar-refractivity contribution in [3.63, 3.8) is 0 Å². The van der Waals surface area contributed by atoms with E-state index in [2.05, 4.69) is 17.4 Å². The van der Waals surface area contributed by atoms with Crippen molar-refractivity contribution in [2.45, 2.75) is 50.6 Å². The molecule has 2 N–H and O–H groups in total. The number of carboxylic acids is 1. The highest BCUT2D eigenvalue weighted by molar-refractivity contribution is 5.85. The summed E-state index contributed by atoms with van der Waals surface area (Å²) < 4.78 is 0. The van der Waals surface area contributed by atoms with Crippen molar-refractivity contribution in [1.29, 1.82) is 0 Å². The second-order valence-electron chi connectivity index (χ2n) is 7.97. The lowest BCUT2D eigenvalue weighted by atomic mass is 9.53. The Morgan fingerprint density at radius 3 is 2.43 bits per heavy atom. The Labute approximate surface area is 137 Å².